The molecule has 7 nitrogen and oxygen atoms in total. The van der Waals surface area contributed by atoms with E-state index in [1.165, 1.54) is 55.3 Å². The first-order chi connectivity index (χ1) is 9.73. The fraction of sp³-hybridized carbons (Fsp3) is 0.154. The molecule has 0 saturated carbocycles. The van der Waals surface area contributed by atoms with Crippen LogP contribution in [0.5, 0.6) is 0 Å². The minimum absolute atomic E-state index is 0.0165. The minimum Gasteiger partial charge on any atom is -0.397 e. The summed E-state index contributed by atoms with van der Waals surface area (Å²) in [7, 11) is -0.851. The second kappa shape index (κ2) is 5.23. The van der Waals surface area contributed by atoms with Crippen LogP contribution < -0.4 is 16.9 Å². The predicted molar refractivity (Wildman–Crippen MR) is 81.7 cm³/mol. The van der Waals surface area contributed by atoms with Crippen molar-refractivity contribution in [1.29, 1.82) is 0 Å². The maximum Gasteiger partial charge on any atom is 0.244 e. The number of benzene rings is 1. The molecule has 1 heterocycles. The van der Waals surface area contributed by atoms with Crippen LogP contribution in [0.25, 0.3) is 5.69 Å². The molecule has 8 heteroatoms. The summed E-state index contributed by atoms with van der Waals surface area (Å²) in [5.74, 6) is 0. The second-order valence-electron chi connectivity index (χ2n) is 4.68. The number of aromatic nitrogens is 1. The van der Waals surface area contributed by atoms with Crippen molar-refractivity contribution < 1.29 is 8.42 Å². The molecule has 0 radical (unpaired) electrons. The van der Waals surface area contributed by atoms with E-state index >= 15 is 0 Å². The average molecular weight is 308 g/mol. The van der Waals surface area contributed by atoms with Crippen molar-refractivity contribution in [1.82, 2.24) is 8.87 Å². The van der Waals surface area contributed by atoms with E-state index in [2.05, 4.69) is 0 Å². The molecule has 1 aromatic carbocycles. The number of hydrogen-bond donors (Lipinski definition) is 2. The molecule has 1 aromatic heterocycles. The van der Waals surface area contributed by atoms with Crippen LogP contribution in [0.15, 0.2) is 46.3 Å². The third-order valence-electron chi connectivity index (χ3n) is 3.00. The van der Waals surface area contributed by atoms with E-state index < -0.39 is 10.0 Å². The van der Waals surface area contributed by atoms with Gasteiger partial charge in [-0.05, 0) is 12.1 Å². The first kappa shape index (κ1) is 15.1. The highest BCUT2D eigenvalue weighted by atomic mass is 32.2. The summed E-state index contributed by atoms with van der Waals surface area (Å²) in [6.45, 7) is 0. The van der Waals surface area contributed by atoms with Crippen LogP contribution in [0.2, 0.25) is 0 Å². The number of hydrogen-bond acceptors (Lipinski definition) is 5. The zero-order valence-corrected chi connectivity index (χ0v) is 12.5. The molecular weight excluding hydrogens is 292 g/mol. The molecular formula is C13H16N4O3S. The third kappa shape index (κ3) is 2.76. The highest BCUT2D eigenvalue weighted by Crippen LogP contribution is 2.29. The molecule has 0 bridgehead atoms. The van der Waals surface area contributed by atoms with Crippen LogP contribution in [0, 0.1) is 0 Å². The lowest BCUT2D eigenvalue weighted by Gasteiger charge is -2.18. The summed E-state index contributed by atoms with van der Waals surface area (Å²) in [5.41, 5.74) is 12.1. The summed E-state index contributed by atoms with van der Waals surface area (Å²) in [6, 6.07) is 5.45. The standard InChI is InChI=1S/C13H16N4O3S/c1-16(2)21(19,20)13-8-11(15)10(14)7-12(13)17-5-3-9(18)4-6-17/h3-8H,14-15H2,1-2H3. The molecule has 21 heavy (non-hydrogen) atoms. The number of nitrogens with two attached hydrogens (primary N) is 2. The van der Waals surface area contributed by atoms with Gasteiger partial charge in [0.25, 0.3) is 0 Å². The fourth-order valence-corrected chi connectivity index (χ4v) is 2.88. The van der Waals surface area contributed by atoms with Gasteiger partial charge in [0, 0.05) is 38.6 Å². The normalized spacial score (nSPS) is 11.8. The van der Waals surface area contributed by atoms with Crippen molar-refractivity contribution in [3.05, 3.63) is 46.9 Å². The van der Waals surface area contributed by atoms with Crippen molar-refractivity contribution >= 4 is 21.4 Å². The molecule has 0 aliphatic rings. The van der Waals surface area contributed by atoms with E-state index in [0.29, 0.717) is 5.69 Å². The van der Waals surface area contributed by atoms with Crippen LogP contribution in [0.1, 0.15) is 0 Å². The van der Waals surface area contributed by atoms with Gasteiger partial charge in [-0.25, -0.2) is 12.7 Å². The van der Waals surface area contributed by atoms with Crippen molar-refractivity contribution in [2.45, 2.75) is 4.90 Å². The summed E-state index contributed by atoms with van der Waals surface area (Å²) in [6.07, 6.45) is 2.95. The molecule has 0 atom stereocenters. The average Bonchev–Trinajstić information content (AvgIpc) is 2.42. The molecule has 112 valence electrons. The summed E-state index contributed by atoms with van der Waals surface area (Å²) in [5, 5.41) is 0. The molecule has 0 fully saturated rings. The molecule has 4 N–H and O–H groups in total. The van der Waals surface area contributed by atoms with Gasteiger partial charge in [0.1, 0.15) is 4.90 Å². The molecule has 0 aliphatic carbocycles. The quantitative estimate of drug-likeness (QED) is 0.790. The van der Waals surface area contributed by atoms with Crippen LogP contribution in [0.3, 0.4) is 0 Å². The third-order valence-corrected chi connectivity index (χ3v) is 4.84. The van der Waals surface area contributed by atoms with Gasteiger partial charge in [-0.2, -0.15) is 0 Å². The van der Waals surface area contributed by atoms with Crippen LogP contribution in [0.4, 0.5) is 11.4 Å². The van der Waals surface area contributed by atoms with Crippen molar-refractivity contribution in [3.8, 4) is 5.69 Å². The van der Waals surface area contributed by atoms with Gasteiger partial charge in [0.2, 0.25) is 10.0 Å². The highest BCUT2D eigenvalue weighted by molar-refractivity contribution is 7.89. The summed E-state index contributed by atoms with van der Waals surface area (Å²) in [4.78, 5) is 11.2. The van der Waals surface area contributed by atoms with Crippen molar-refractivity contribution in [3.63, 3.8) is 0 Å². The Morgan fingerprint density at radius 2 is 1.57 bits per heavy atom. The van der Waals surface area contributed by atoms with E-state index in [1.807, 2.05) is 0 Å². The lowest BCUT2D eigenvalue weighted by Crippen LogP contribution is -2.24. The van der Waals surface area contributed by atoms with Crippen LogP contribution in [-0.4, -0.2) is 31.4 Å². The Bertz CT molecular complexity index is 820. The topological polar surface area (TPSA) is 111 Å². The Hall–Kier alpha value is -2.32. The smallest absolute Gasteiger partial charge is 0.244 e. The molecule has 0 aliphatic heterocycles. The summed E-state index contributed by atoms with van der Waals surface area (Å²) < 4.78 is 27.4. The van der Waals surface area contributed by atoms with Crippen LogP contribution >= 0.6 is 0 Å². The van der Waals surface area contributed by atoms with Gasteiger partial charge in [-0.15, -0.1) is 0 Å². The predicted octanol–water partition coefficient (Wildman–Crippen LogP) is 0.252. The Morgan fingerprint density at radius 3 is 2.10 bits per heavy atom. The lowest BCUT2D eigenvalue weighted by atomic mass is 10.2. The van der Waals surface area contributed by atoms with Crippen LogP contribution in [-0.2, 0) is 10.0 Å². The number of nitrogen functional groups attached to an aromatic ring is 2. The molecule has 2 rings (SSSR count). The Balaban J connectivity index is 2.79. The number of pyridine rings is 1. The zero-order valence-electron chi connectivity index (χ0n) is 11.6. The monoisotopic (exact) mass is 308 g/mol. The number of anilines is 2. The first-order valence-electron chi connectivity index (χ1n) is 6.03. The minimum atomic E-state index is -3.71. The molecule has 0 unspecified atom stereocenters. The second-order valence-corrected chi connectivity index (χ2v) is 6.80. The number of rotatable bonds is 3. The number of sulfonamides is 1. The lowest BCUT2D eigenvalue weighted by molar-refractivity contribution is 0.520. The van der Waals surface area contributed by atoms with Crippen molar-refractivity contribution in [2.24, 2.45) is 0 Å². The van der Waals surface area contributed by atoms with Gasteiger partial charge < -0.3 is 16.0 Å². The van der Waals surface area contributed by atoms with E-state index in [4.69, 9.17) is 11.5 Å². The number of nitrogens with zero attached hydrogens (tertiary/aromatic N) is 2. The van der Waals surface area contributed by atoms with E-state index in [1.54, 1.807) is 0 Å². The van der Waals surface area contributed by atoms with Gasteiger partial charge in [0.05, 0.1) is 17.1 Å². The maximum absolute atomic E-state index is 12.4. The highest BCUT2D eigenvalue weighted by Gasteiger charge is 2.23. The zero-order chi connectivity index (χ0) is 15.8. The van der Waals surface area contributed by atoms with E-state index in [-0.39, 0.29) is 21.7 Å². The Kier molecular flexibility index (Phi) is 3.75. The largest absolute Gasteiger partial charge is 0.397 e. The molecule has 2 aromatic rings. The maximum atomic E-state index is 12.4. The van der Waals surface area contributed by atoms with Gasteiger partial charge >= 0.3 is 0 Å². The molecule has 0 amide bonds. The summed E-state index contributed by atoms with van der Waals surface area (Å²) >= 11 is 0. The Labute approximate surface area is 122 Å². The van der Waals surface area contributed by atoms with E-state index in [9.17, 15) is 13.2 Å². The molecule has 0 saturated heterocycles. The first-order valence-corrected chi connectivity index (χ1v) is 7.47. The van der Waals surface area contributed by atoms with Gasteiger partial charge in [-0.1, -0.05) is 0 Å². The molecule has 0 spiro atoms. The fourth-order valence-electron chi connectivity index (χ4n) is 1.78. The van der Waals surface area contributed by atoms with E-state index in [0.717, 1.165) is 4.31 Å². The van der Waals surface area contributed by atoms with Gasteiger partial charge in [-0.3, -0.25) is 4.79 Å². The SMILES string of the molecule is CN(C)S(=O)(=O)c1cc(N)c(N)cc1-n1ccc(=O)cc1. The van der Waals surface area contributed by atoms with Gasteiger partial charge in [0.15, 0.2) is 5.43 Å². The van der Waals surface area contributed by atoms with Crippen molar-refractivity contribution in [2.75, 3.05) is 25.6 Å². The Morgan fingerprint density at radius 1 is 1.05 bits per heavy atom.